The van der Waals surface area contributed by atoms with Gasteiger partial charge in [0.25, 0.3) is 0 Å². The quantitative estimate of drug-likeness (QED) is 0.595. The van der Waals surface area contributed by atoms with Crippen LogP contribution in [-0.4, -0.2) is 17.5 Å². The Hall–Kier alpha value is 0.0500. The largest absolute Gasteiger partial charge is 0.329 e. The van der Waals surface area contributed by atoms with E-state index in [1.807, 2.05) is 17.8 Å². The molecule has 54 valence electrons. The van der Waals surface area contributed by atoms with Crippen LogP contribution in [0.2, 0.25) is 0 Å². The summed E-state index contributed by atoms with van der Waals surface area (Å²) in [6, 6.07) is 0. The van der Waals surface area contributed by atoms with Crippen molar-refractivity contribution in [1.29, 1.82) is 0 Å². The second-order valence-electron chi connectivity index (χ2n) is 1.89. The summed E-state index contributed by atoms with van der Waals surface area (Å²) in [5.74, 6) is 1.02. The number of hydrogen-bond acceptors (Lipinski definition) is 2. The molecule has 0 aliphatic rings. The molecule has 0 aliphatic carbocycles. The minimum Gasteiger partial charge on any atom is -0.329 e. The van der Waals surface area contributed by atoms with Crippen molar-refractivity contribution in [3.63, 3.8) is 0 Å². The van der Waals surface area contributed by atoms with Gasteiger partial charge in [-0.1, -0.05) is 13.0 Å². The average molecular weight is 145 g/mol. The summed E-state index contributed by atoms with van der Waals surface area (Å²) in [5, 5.41) is 0.628. The fraction of sp³-hybridized carbons (Fsp3) is 0.714. The fourth-order valence-corrected chi connectivity index (χ4v) is 1.34. The molecule has 1 atom stereocenters. The molecule has 0 aromatic heterocycles. The van der Waals surface area contributed by atoms with E-state index in [1.165, 1.54) is 0 Å². The van der Waals surface area contributed by atoms with Crippen molar-refractivity contribution in [3.8, 4) is 0 Å². The lowest BCUT2D eigenvalue weighted by Crippen LogP contribution is -2.15. The van der Waals surface area contributed by atoms with Crippen LogP contribution in [0.4, 0.5) is 0 Å². The predicted octanol–water partition coefficient (Wildman–Crippen LogP) is 1.64. The Morgan fingerprint density at radius 1 is 1.78 bits per heavy atom. The smallest absolute Gasteiger partial charge is 0.0170 e. The van der Waals surface area contributed by atoms with Crippen LogP contribution in [0.1, 0.15) is 13.3 Å². The molecular weight excluding hydrogens is 130 g/mol. The Labute approximate surface area is 61.7 Å². The first kappa shape index (κ1) is 9.05. The van der Waals surface area contributed by atoms with E-state index in [9.17, 15) is 0 Å². The SMILES string of the molecule is C=CCSC(CC)CN. The molecule has 0 fully saturated rings. The van der Waals surface area contributed by atoms with Crippen molar-refractivity contribution in [1.82, 2.24) is 0 Å². The topological polar surface area (TPSA) is 26.0 Å². The zero-order chi connectivity index (χ0) is 7.11. The van der Waals surface area contributed by atoms with Gasteiger partial charge >= 0.3 is 0 Å². The highest BCUT2D eigenvalue weighted by Crippen LogP contribution is 2.12. The first-order valence-corrected chi connectivity index (χ1v) is 4.32. The van der Waals surface area contributed by atoms with Gasteiger partial charge in [0.1, 0.15) is 0 Å². The number of thioether (sulfide) groups is 1. The second kappa shape index (κ2) is 6.17. The summed E-state index contributed by atoms with van der Waals surface area (Å²) < 4.78 is 0. The van der Waals surface area contributed by atoms with Gasteiger partial charge in [0.2, 0.25) is 0 Å². The van der Waals surface area contributed by atoms with E-state index in [2.05, 4.69) is 13.5 Å². The third-order valence-corrected chi connectivity index (χ3v) is 2.59. The van der Waals surface area contributed by atoms with E-state index >= 15 is 0 Å². The maximum Gasteiger partial charge on any atom is 0.0170 e. The van der Waals surface area contributed by atoms with Crippen LogP contribution >= 0.6 is 11.8 Å². The van der Waals surface area contributed by atoms with Crippen LogP contribution in [0.15, 0.2) is 12.7 Å². The molecule has 9 heavy (non-hydrogen) atoms. The summed E-state index contributed by atoms with van der Waals surface area (Å²) in [6.07, 6.45) is 3.08. The third kappa shape index (κ3) is 4.55. The molecule has 0 saturated carbocycles. The first-order valence-electron chi connectivity index (χ1n) is 3.27. The summed E-state index contributed by atoms with van der Waals surface area (Å²) in [7, 11) is 0. The van der Waals surface area contributed by atoms with Gasteiger partial charge in [-0.25, -0.2) is 0 Å². The molecule has 0 heterocycles. The highest BCUT2D eigenvalue weighted by Gasteiger charge is 2.00. The fourth-order valence-electron chi connectivity index (χ4n) is 0.557. The van der Waals surface area contributed by atoms with Gasteiger partial charge in [0.15, 0.2) is 0 Å². The lowest BCUT2D eigenvalue weighted by molar-refractivity contribution is 0.828. The zero-order valence-corrected chi connectivity index (χ0v) is 6.79. The normalized spacial score (nSPS) is 13.1. The molecule has 0 rings (SSSR count). The van der Waals surface area contributed by atoms with Gasteiger partial charge in [-0.2, -0.15) is 11.8 Å². The molecule has 0 spiro atoms. The van der Waals surface area contributed by atoms with Crippen LogP contribution in [0.25, 0.3) is 0 Å². The first-order chi connectivity index (χ1) is 4.35. The highest BCUT2D eigenvalue weighted by atomic mass is 32.2. The van der Waals surface area contributed by atoms with Crippen molar-refractivity contribution in [2.75, 3.05) is 12.3 Å². The van der Waals surface area contributed by atoms with Crippen LogP contribution in [0, 0.1) is 0 Å². The molecule has 0 bridgehead atoms. The van der Waals surface area contributed by atoms with Gasteiger partial charge in [-0.15, -0.1) is 6.58 Å². The minimum absolute atomic E-state index is 0.628. The van der Waals surface area contributed by atoms with Crippen molar-refractivity contribution in [2.24, 2.45) is 5.73 Å². The third-order valence-electron chi connectivity index (χ3n) is 1.17. The summed E-state index contributed by atoms with van der Waals surface area (Å²) in [5.41, 5.74) is 5.47. The van der Waals surface area contributed by atoms with Crippen LogP contribution in [-0.2, 0) is 0 Å². The van der Waals surface area contributed by atoms with Crippen LogP contribution in [0.3, 0.4) is 0 Å². The predicted molar refractivity (Wildman–Crippen MR) is 45.8 cm³/mol. The zero-order valence-electron chi connectivity index (χ0n) is 5.97. The maximum absolute atomic E-state index is 5.47. The summed E-state index contributed by atoms with van der Waals surface area (Å²) in [4.78, 5) is 0. The Kier molecular flexibility index (Phi) is 6.21. The van der Waals surface area contributed by atoms with E-state index in [4.69, 9.17) is 5.73 Å². The van der Waals surface area contributed by atoms with Crippen molar-refractivity contribution < 1.29 is 0 Å². The number of rotatable bonds is 5. The lowest BCUT2D eigenvalue weighted by Gasteiger charge is -2.08. The van der Waals surface area contributed by atoms with E-state index in [0.717, 1.165) is 18.7 Å². The van der Waals surface area contributed by atoms with Crippen molar-refractivity contribution in [2.45, 2.75) is 18.6 Å². The Morgan fingerprint density at radius 3 is 2.78 bits per heavy atom. The minimum atomic E-state index is 0.628. The van der Waals surface area contributed by atoms with E-state index in [1.54, 1.807) is 0 Å². The molecule has 0 aromatic rings. The molecule has 0 aliphatic heterocycles. The molecule has 0 saturated heterocycles. The van der Waals surface area contributed by atoms with Gasteiger partial charge < -0.3 is 5.73 Å². The van der Waals surface area contributed by atoms with Gasteiger partial charge in [0, 0.05) is 17.5 Å². The highest BCUT2D eigenvalue weighted by molar-refractivity contribution is 8.00. The monoisotopic (exact) mass is 145 g/mol. The molecule has 1 nitrogen and oxygen atoms in total. The lowest BCUT2D eigenvalue weighted by atomic mass is 10.3. The van der Waals surface area contributed by atoms with E-state index in [-0.39, 0.29) is 0 Å². The summed E-state index contributed by atoms with van der Waals surface area (Å²) in [6.45, 7) is 6.59. The van der Waals surface area contributed by atoms with Gasteiger partial charge in [0.05, 0.1) is 0 Å². The number of nitrogens with two attached hydrogens (primary N) is 1. The standard InChI is InChI=1S/C7H15NS/c1-3-5-9-7(4-2)6-8/h3,7H,1,4-6,8H2,2H3. The van der Waals surface area contributed by atoms with Crippen LogP contribution in [0.5, 0.6) is 0 Å². The Bertz CT molecular complexity index is 69.3. The molecule has 1 unspecified atom stereocenters. The average Bonchev–Trinajstić information content (AvgIpc) is 1.91. The molecule has 0 radical (unpaired) electrons. The Morgan fingerprint density at radius 2 is 2.44 bits per heavy atom. The Balaban J connectivity index is 3.19. The molecule has 0 aromatic carbocycles. The van der Waals surface area contributed by atoms with Crippen molar-refractivity contribution in [3.05, 3.63) is 12.7 Å². The van der Waals surface area contributed by atoms with E-state index in [0.29, 0.717) is 5.25 Å². The summed E-state index contributed by atoms with van der Waals surface area (Å²) >= 11 is 1.88. The number of hydrogen-bond donors (Lipinski definition) is 1. The molecule has 0 amide bonds. The van der Waals surface area contributed by atoms with E-state index < -0.39 is 0 Å². The van der Waals surface area contributed by atoms with Gasteiger partial charge in [-0.05, 0) is 6.42 Å². The van der Waals surface area contributed by atoms with Crippen LogP contribution < -0.4 is 5.73 Å². The molecule has 2 heteroatoms. The molecular formula is C7H15NS. The van der Waals surface area contributed by atoms with Gasteiger partial charge in [-0.3, -0.25) is 0 Å². The van der Waals surface area contributed by atoms with Crippen molar-refractivity contribution >= 4 is 11.8 Å². The molecule has 2 N–H and O–H groups in total. The maximum atomic E-state index is 5.47. The second-order valence-corrected chi connectivity index (χ2v) is 3.22.